The highest BCUT2D eigenvalue weighted by atomic mass is 16.3. The van der Waals surface area contributed by atoms with E-state index in [0.29, 0.717) is 12.5 Å². The van der Waals surface area contributed by atoms with Crippen LogP contribution in [0, 0.1) is 17.8 Å². The minimum Gasteiger partial charge on any atom is -0.396 e. The summed E-state index contributed by atoms with van der Waals surface area (Å²) in [7, 11) is 0. The van der Waals surface area contributed by atoms with Crippen LogP contribution in [-0.2, 0) is 0 Å². The molecule has 2 fully saturated rings. The Kier molecular flexibility index (Phi) is 5.46. The molecule has 2 rings (SSSR count). The Hall–Kier alpha value is -0.120. The van der Waals surface area contributed by atoms with E-state index in [9.17, 15) is 0 Å². The number of aliphatic hydroxyl groups excluding tert-OH is 1. The van der Waals surface area contributed by atoms with E-state index in [1.54, 1.807) is 0 Å². The van der Waals surface area contributed by atoms with Crippen LogP contribution in [0.3, 0.4) is 0 Å². The summed E-state index contributed by atoms with van der Waals surface area (Å²) in [6.07, 6.45) is 7.62. The van der Waals surface area contributed by atoms with Crippen molar-refractivity contribution in [2.24, 2.45) is 23.5 Å². The molecule has 3 N–H and O–H groups in total. The van der Waals surface area contributed by atoms with Gasteiger partial charge in [0.05, 0.1) is 0 Å². The van der Waals surface area contributed by atoms with Crippen LogP contribution in [0.2, 0.25) is 0 Å². The van der Waals surface area contributed by atoms with E-state index in [1.165, 1.54) is 45.2 Å². The van der Waals surface area contributed by atoms with Crippen LogP contribution < -0.4 is 5.73 Å². The Morgan fingerprint density at radius 1 is 1.22 bits per heavy atom. The molecule has 3 heteroatoms. The van der Waals surface area contributed by atoms with Gasteiger partial charge in [0.15, 0.2) is 0 Å². The van der Waals surface area contributed by atoms with E-state index < -0.39 is 0 Å². The SMILES string of the molecule is CCC1CCC(CN)C(N2CCC(CCO)C2)C1. The Morgan fingerprint density at radius 2 is 2.06 bits per heavy atom. The van der Waals surface area contributed by atoms with E-state index >= 15 is 0 Å². The van der Waals surface area contributed by atoms with Gasteiger partial charge in [-0.1, -0.05) is 19.8 Å². The number of likely N-dealkylation sites (tertiary alicyclic amines) is 1. The fourth-order valence-corrected chi connectivity index (χ4v) is 3.97. The van der Waals surface area contributed by atoms with Crippen molar-refractivity contribution < 1.29 is 5.11 Å². The Labute approximate surface area is 112 Å². The first-order valence-corrected chi connectivity index (χ1v) is 7.83. The summed E-state index contributed by atoms with van der Waals surface area (Å²) in [6, 6.07) is 0.720. The molecular weight excluding hydrogens is 224 g/mol. The quantitative estimate of drug-likeness (QED) is 0.787. The third-order valence-electron chi connectivity index (χ3n) is 5.27. The first kappa shape index (κ1) is 14.3. The van der Waals surface area contributed by atoms with Crippen LogP contribution in [0.4, 0.5) is 0 Å². The van der Waals surface area contributed by atoms with Crippen LogP contribution in [0.5, 0.6) is 0 Å². The molecule has 1 heterocycles. The second-order valence-corrected chi connectivity index (χ2v) is 6.31. The van der Waals surface area contributed by atoms with Gasteiger partial charge in [-0.15, -0.1) is 0 Å². The summed E-state index contributed by atoms with van der Waals surface area (Å²) in [6.45, 7) is 5.94. The molecule has 0 amide bonds. The van der Waals surface area contributed by atoms with Crippen molar-refractivity contribution in [1.82, 2.24) is 4.90 Å². The van der Waals surface area contributed by atoms with E-state index in [2.05, 4.69) is 11.8 Å². The number of hydrogen-bond donors (Lipinski definition) is 2. The smallest absolute Gasteiger partial charge is 0.0434 e. The van der Waals surface area contributed by atoms with Gasteiger partial charge in [0.1, 0.15) is 0 Å². The average molecular weight is 254 g/mol. The summed E-state index contributed by atoms with van der Waals surface area (Å²) in [5.41, 5.74) is 5.97. The van der Waals surface area contributed by atoms with Gasteiger partial charge in [0.25, 0.3) is 0 Å². The number of aliphatic hydroxyl groups is 1. The minimum absolute atomic E-state index is 0.348. The van der Waals surface area contributed by atoms with Gasteiger partial charge >= 0.3 is 0 Å². The summed E-state index contributed by atoms with van der Waals surface area (Å²) >= 11 is 0. The topological polar surface area (TPSA) is 49.5 Å². The molecule has 1 saturated carbocycles. The van der Waals surface area contributed by atoms with Crippen LogP contribution in [0.25, 0.3) is 0 Å². The molecule has 4 atom stereocenters. The molecule has 4 unspecified atom stereocenters. The van der Waals surface area contributed by atoms with E-state index in [1.807, 2.05) is 0 Å². The molecule has 1 aliphatic heterocycles. The molecule has 0 aromatic carbocycles. The monoisotopic (exact) mass is 254 g/mol. The molecular formula is C15H30N2O. The molecule has 0 aromatic rings. The van der Waals surface area contributed by atoms with E-state index in [0.717, 1.165) is 30.8 Å². The van der Waals surface area contributed by atoms with E-state index in [4.69, 9.17) is 10.8 Å². The van der Waals surface area contributed by atoms with Crippen LogP contribution >= 0.6 is 0 Å². The molecule has 0 bridgehead atoms. The van der Waals surface area contributed by atoms with Crippen molar-refractivity contribution in [3.8, 4) is 0 Å². The van der Waals surface area contributed by atoms with Crippen LogP contribution in [-0.4, -0.2) is 42.3 Å². The fourth-order valence-electron chi connectivity index (χ4n) is 3.97. The second kappa shape index (κ2) is 6.88. The normalized spacial score (nSPS) is 38.2. The lowest BCUT2D eigenvalue weighted by molar-refractivity contribution is 0.0959. The third-order valence-corrected chi connectivity index (χ3v) is 5.27. The summed E-state index contributed by atoms with van der Waals surface area (Å²) in [5, 5.41) is 9.06. The average Bonchev–Trinajstić information content (AvgIpc) is 2.87. The molecule has 2 aliphatic rings. The van der Waals surface area contributed by atoms with Gasteiger partial charge in [0, 0.05) is 19.2 Å². The number of nitrogens with zero attached hydrogens (tertiary/aromatic N) is 1. The number of hydrogen-bond acceptors (Lipinski definition) is 3. The van der Waals surface area contributed by atoms with Crippen LogP contribution in [0.15, 0.2) is 0 Å². The number of nitrogens with two attached hydrogens (primary N) is 1. The van der Waals surface area contributed by atoms with E-state index in [-0.39, 0.29) is 0 Å². The van der Waals surface area contributed by atoms with Crippen molar-refractivity contribution in [1.29, 1.82) is 0 Å². The van der Waals surface area contributed by atoms with Crippen molar-refractivity contribution in [3.05, 3.63) is 0 Å². The van der Waals surface area contributed by atoms with Gasteiger partial charge in [-0.05, 0) is 56.5 Å². The molecule has 3 nitrogen and oxygen atoms in total. The molecule has 0 radical (unpaired) electrons. The lowest BCUT2D eigenvalue weighted by Crippen LogP contribution is -2.46. The third kappa shape index (κ3) is 3.25. The predicted molar refractivity (Wildman–Crippen MR) is 75.3 cm³/mol. The molecule has 1 aliphatic carbocycles. The maximum Gasteiger partial charge on any atom is 0.0434 e. The molecule has 1 saturated heterocycles. The highest BCUT2D eigenvalue weighted by Crippen LogP contribution is 2.36. The van der Waals surface area contributed by atoms with Crippen molar-refractivity contribution >= 4 is 0 Å². The largest absolute Gasteiger partial charge is 0.396 e. The Bertz CT molecular complexity index is 247. The van der Waals surface area contributed by atoms with Gasteiger partial charge in [-0.2, -0.15) is 0 Å². The highest BCUT2D eigenvalue weighted by molar-refractivity contribution is 4.90. The van der Waals surface area contributed by atoms with Crippen LogP contribution in [0.1, 0.15) is 45.4 Å². The van der Waals surface area contributed by atoms with Gasteiger partial charge < -0.3 is 10.8 Å². The minimum atomic E-state index is 0.348. The van der Waals surface area contributed by atoms with Gasteiger partial charge in [-0.25, -0.2) is 0 Å². The first-order chi connectivity index (χ1) is 8.78. The maximum absolute atomic E-state index is 9.06. The Morgan fingerprint density at radius 3 is 2.72 bits per heavy atom. The fraction of sp³-hybridized carbons (Fsp3) is 1.00. The predicted octanol–water partition coefficient (Wildman–Crippen LogP) is 1.84. The molecule has 18 heavy (non-hydrogen) atoms. The standard InChI is InChI=1S/C15H30N2O/c1-2-12-3-4-14(10-16)15(9-12)17-7-5-13(11-17)6-8-18/h12-15,18H,2-11,16H2,1H3. The summed E-state index contributed by atoms with van der Waals surface area (Å²) in [4.78, 5) is 2.68. The van der Waals surface area contributed by atoms with Crippen molar-refractivity contribution in [2.45, 2.75) is 51.5 Å². The molecule has 0 spiro atoms. The first-order valence-electron chi connectivity index (χ1n) is 7.83. The summed E-state index contributed by atoms with van der Waals surface area (Å²) in [5.74, 6) is 2.34. The number of rotatable bonds is 5. The lowest BCUT2D eigenvalue weighted by Gasteiger charge is -2.41. The van der Waals surface area contributed by atoms with Gasteiger partial charge in [0.2, 0.25) is 0 Å². The van der Waals surface area contributed by atoms with Crippen molar-refractivity contribution in [3.63, 3.8) is 0 Å². The second-order valence-electron chi connectivity index (χ2n) is 6.31. The highest BCUT2D eigenvalue weighted by Gasteiger charge is 2.36. The molecule has 0 aromatic heterocycles. The molecule has 106 valence electrons. The zero-order valence-corrected chi connectivity index (χ0v) is 11.9. The lowest BCUT2D eigenvalue weighted by atomic mass is 9.76. The van der Waals surface area contributed by atoms with Gasteiger partial charge in [-0.3, -0.25) is 4.90 Å². The zero-order chi connectivity index (χ0) is 13.0. The Balaban J connectivity index is 1.92. The van der Waals surface area contributed by atoms with Crippen molar-refractivity contribution in [2.75, 3.05) is 26.2 Å². The maximum atomic E-state index is 9.06. The summed E-state index contributed by atoms with van der Waals surface area (Å²) < 4.78 is 0. The zero-order valence-electron chi connectivity index (χ0n) is 11.9.